The number of rotatable bonds is 3. The number of benzene rings is 1. The monoisotopic (exact) mass is 342 g/mol. The maximum Gasteiger partial charge on any atom is 0.129 e. The van der Waals surface area contributed by atoms with E-state index in [0.717, 1.165) is 21.2 Å². The topological polar surface area (TPSA) is 36.4 Å². The molecule has 0 aliphatic carbocycles. The number of nitrogens with zero attached hydrogens (tertiary/aromatic N) is 2. The molecule has 0 saturated heterocycles. The van der Waals surface area contributed by atoms with Gasteiger partial charge in [-0.15, -0.1) is 0 Å². The van der Waals surface area contributed by atoms with Gasteiger partial charge in [-0.25, -0.2) is 4.98 Å². The lowest BCUT2D eigenvalue weighted by molar-refractivity contribution is 0.0885. The molecule has 0 radical (unpaired) electrons. The van der Waals surface area contributed by atoms with Crippen LogP contribution in [0.3, 0.4) is 0 Å². The number of anilines is 1. The van der Waals surface area contributed by atoms with Crippen LogP contribution < -0.4 is 4.90 Å². The third kappa shape index (κ3) is 3.59. The second kappa shape index (κ2) is 5.27. The summed E-state index contributed by atoms with van der Waals surface area (Å²) in [7, 11) is 1.90. The molecule has 5 heteroatoms. The molecule has 0 saturated carbocycles. The first-order valence-electron chi connectivity index (χ1n) is 5.95. The summed E-state index contributed by atoms with van der Waals surface area (Å²) < 4.78 is 0.935. The zero-order valence-corrected chi connectivity index (χ0v) is 13.5. The number of hydrogen-bond acceptors (Lipinski definition) is 3. The van der Waals surface area contributed by atoms with Crippen molar-refractivity contribution in [3.63, 3.8) is 0 Å². The van der Waals surface area contributed by atoms with Gasteiger partial charge in [0.05, 0.1) is 16.1 Å². The Kier molecular flexibility index (Phi) is 4.04. The second-order valence-corrected chi connectivity index (χ2v) is 6.62. The summed E-state index contributed by atoms with van der Waals surface area (Å²) >= 11 is 9.63. The highest BCUT2D eigenvalue weighted by Crippen LogP contribution is 2.28. The average Bonchev–Trinajstić information content (AvgIpc) is 2.25. The number of aromatic nitrogens is 1. The van der Waals surface area contributed by atoms with Gasteiger partial charge in [-0.05, 0) is 38.1 Å². The van der Waals surface area contributed by atoms with Crippen molar-refractivity contribution in [3.05, 3.63) is 33.8 Å². The van der Waals surface area contributed by atoms with Gasteiger partial charge in [0.2, 0.25) is 0 Å². The molecule has 1 aromatic heterocycles. The molecule has 0 atom stereocenters. The van der Waals surface area contributed by atoms with Crippen molar-refractivity contribution in [1.29, 1.82) is 0 Å². The number of likely N-dealkylation sites (N-methyl/N-ethyl adjacent to an activating group) is 1. The molecule has 1 aromatic carbocycles. The first kappa shape index (κ1) is 14.6. The van der Waals surface area contributed by atoms with E-state index in [0.29, 0.717) is 11.6 Å². The van der Waals surface area contributed by atoms with E-state index in [1.807, 2.05) is 36.2 Å². The molecule has 0 bridgehead atoms. The van der Waals surface area contributed by atoms with Crippen molar-refractivity contribution in [2.45, 2.75) is 19.4 Å². The second-order valence-electron chi connectivity index (χ2n) is 5.30. The van der Waals surface area contributed by atoms with Gasteiger partial charge in [-0.2, -0.15) is 0 Å². The first-order valence-corrected chi connectivity index (χ1v) is 7.13. The lowest BCUT2D eigenvalue weighted by atomic mass is 10.1. The number of fused-ring (bicyclic) bond motifs is 1. The van der Waals surface area contributed by atoms with Crippen LogP contribution >= 0.6 is 27.5 Å². The van der Waals surface area contributed by atoms with Gasteiger partial charge < -0.3 is 10.0 Å². The molecule has 2 aromatic rings. The smallest absolute Gasteiger partial charge is 0.129 e. The molecule has 0 fully saturated rings. The number of pyridine rings is 1. The molecule has 3 nitrogen and oxygen atoms in total. The van der Waals surface area contributed by atoms with Crippen molar-refractivity contribution in [2.24, 2.45) is 0 Å². The summed E-state index contributed by atoms with van der Waals surface area (Å²) in [5, 5.41) is 11.5. The van der Waals surface area contributed by atoms with E-state index in [1.165, 1.54) is 0 Å². The number of aliphatic hydroxyl groups is 1. The Balaban J connectivity index is 2.41. The predicted molar refractivity (Wildman–Crippen MR) is 84.0 cm³/mol. The minimum atomic E-state index is -0.769. The Morgan fingerprint density at radius 2 is 2.05 bits per heavy atom. The fourth-order valence-electron chi connectivity index (χ4n) is 2.02. The fourth-order valence-corrected chi connectivity index (χ4v) is 2.90. The van der Waals surface area contributed by atoms with Gasteiger partial charge >= 0.3 is 0 Å². The quantitative estimate of drug-likeness (QED) is 0.919. The highest BCUT2D eigenvalue weighted by atomic mass is 79.9. The van der Waals surface area contributed by atoms with E-state index in [4.69, 9.17) is 11.6 Å². The SMILES string of the molecule is CN(CC(C)(C)O)c1ccc2cc(Br)cc(Cl)c2n1. The van der Waals surface area contributed by atoms with Gasteiger partial charge in [-0.1, -0.05) is 27.5 Å². The molecule has 1 N–H and O–H groups in total. The predicted octanol–water partition coefficient (Wildman–Crippen LogP) is 3.86. The van der Waals surface area contributed by atoms with Crippen LogP contribution in [-0.2, 0) is 0 Å². The van der Waals surface area contributed by atoms with Gasteiger partial charge in [0.25, 0.3) is 0 Å². The van der Waals surface area contributed by atoms with Crippen molar-refractivity contribution < 1.29 is 5.11 Å². The van der Waals surface area contributed by atoms with Crippen LogP contribution in [0.5, 0.6) is 0 Å². The van der Waals surface area contributed by atoms with Crippen LogP contribution in [-0.4, -0.2) is 29.3 Å². The van der Waals surface area contributed by atoms with E-state index >= 15 is 0 Å². The van der Waals surface area contributed by atoms with E-state index in [9.17, 15) is 5.11 Å². The Morgan fingerprint density at radius 1 is 1.37 bits per heavy atom. The summed E-state index contributed by atoms with van der Waals surface area (Å²) in [6, 6.07) is 7.72. The van der Waals surface area contributed by atoms with E-state index in [-0.39, 0.29) is 0 Å². The van der Waals surface area contributed by atoms with Gasteiger partial charge in [0.15, 0.2) is 0 Å². The summed E-state index contributed by atoms with van der Waals surface area (Å²) in [5.41, 5.74) is -0.000467. The van der Waals surface area contributed by atoms with Crippen LogP contribution in [0.4, 0.5) is 5.82 Å². The molecule has 102 valence electrons. The molecule has 0 aliphatic rings. The largest absolute Gasteiger partial charge is 0.389 e. The summed E-state index contributed by atoms with van der Waals surface area (Å²) in [4.78, 5) is 6.48. The van der Waals surface area contributed by atoms with Crippen molar-refractivity contribution in [1.82, 2.24) is 4.98 Å². The lowest BCUT2D eigenvalue weighted by Gasteiger charge is -2.26. The van der Waals surface area contributed by atoms with E-state index < -0.39 is 5.60 Å². The van der Waals surface area contributed by atoms with Crippen molar-refractivity contribution >= 4 is 44.3 Å². The van der Waals surface area contributed by atoms with Crippen LogP contribution in [0.25, 0.3) is 10.9 Å². The molecule has 0 aliphatic heterocycles. The third-order valence-electron chi connectivity index (χ3n) is 2.71. The standard InChI is InChI=1S/C14H16BrClN2O/c1-14(2,19)8-18(3)12-5-4-9-6-10(15)7-11(16)13(9)17-12/h4-7,19H,8H2,1-3H3. The van der Waals surface area contributed by atoms with E-state index in [2.05, 4.69) is 20.9 Å². The summed E-state index contributed by atoms with van der Waals surface area (Å²) in [6.45, 7) is 4.04. The zero-order chi connectivity index (χ0) is 14.2. The summed E-state index contributed by atoms with van der Waals surface area (Å²) in [6.07, 6.45) is 0. The average molecular weight is 344 g/mol. The Labute approximate surface area is 126 Å². The van der Waals surface area contributed by atoms with Crippen LogP contribution in [0.15, 0.2) is 28.7 Å². The lowest BCUT2D eigenvalue weighted by Crippen LogP contribution is -2.36. The minimum Gasteiger partial charge on any atom is -0.389 e. The van der Waals surface area contributed by atoms with Gasteiger partial charge in [0, 0.05) is 23.5 Å². The number of halogens is 2. The molecular formula is C14H16BrClN2O. The molecule has 2 rings (SSSR count). The fraction of sp³-hybridized carbons (Fsp3) is 0.357. The maximum absolute atomic E-state index is 9.85. The highest BCUT2D eigenvalue weighted by molar-refractivity contribution is 9.10. The highest BCUT2D eigenvalue weighted by Gasteiger charge is 2.17. The van der Waals surface area contributed by atoms with Crippen LogP contribution in [0, 0.1) is 0 Å². The Hall–Kier alpha value is -0.840. The molecule has 0 spiro atoms. The maximum atomic E-state index is 9.85. The zero-order valence-electron chi connectivity index (χ0n) is 11.1. The number of hydrogen-bond donors (Lipinski definition) is 1. The van der Waals surface area contributed by atoms with Crippen molar-refractivity contribution in [2.75, 3.05) is 18.5 Å². The molecule has 19 heavy (non-hydrogen) atoms. The minimum absolute atomic E-state index is 0.500. The Morgan fingerprint density at radius 3 is 2.68 bits per heavy atom. The third-order valence-corrected chi connectivity index (χ3v) is 3.46. The molecule has 1 heterocycles. The van der Waals surface area contributed by atoms with Crippen LogP contribution in [0.1, 0.15) is 13.8 Å². The normalized spacial score (nSPS) is 11.9. The van der Waals surface area contributed by atoms with E-state index in [1.54, 1.807) is 13.8 Å². The van der Waals surface area contributed by atoms with Gasteiger partial charge in [0.1, 0.15) is 5.82 Å². The molecule has 0 unspecified atom stereocenters. The molecule has 0 amide bonds. The van der Waals surface area contributed by atoms with Crippen molar-refractivity contribution in [3.8, 4) is 0 Å². The molecular weight excluding hydrogens is 328 g/mol. The Bertz CT molecular complexity index is 610. The summed E-state index contributed by atoms with van der Waals surface area (Å²) in [5.74, 6) is 0.791. The van der Waals surface area contributed by atoms with Crippen LogP contribution in [0.2, 0.25) is 5.02 Å². The first-order chi connectivity index (χ1) is 8.76. The van der Waals surface area contributed by atoms with Gasteiger partial charge in [-0.3, -0.25) is 0 Å².